The minimum absolute atomic E-state index is 0. The average Bonchev–Trinajstić information content (AvgIpc) is 2.51. The standard InChI is InChI=1S/C18H31N3O2.HI/c1-18(2,3)16(22-6)14-20-17(19-4)21(5)12-13-23-15-10-8-7-9-11-15;/h7-11,16H,12-14H2,1-6H3,(H,19,20);1H. The van der Waals surface area contributed by atoms with Gasteiger partial charge in [-0.3, -0.25) is 4.99 Å². The molecule has 0 aliphatic carbocycles. The fraction of sp³-hybridized carbons (Fsp3) is 0.611. The number of aliphatic imine (C=N–C) groups is 1. The maximum absolute atomic E-state index is 5.72. The van der Waals surface area contributed by atoms with Crippen molar-refractivity contribution in [2.45, 2.75) is 26.9 Å². The van der Waals surface area contributed by atoms with Crippen LogP contribution in [-0.2, 0) is 4.74 Å². The van der Waals surface area contributed by atoms with Gasteiger partial charge in [0.05, 0.1) is 12.6 Å². The molecule has 1 aromatic carbocycles. The van der Waals surface area contributed by atoms with Crippen molar-refractivity contribution >= 4 is 29.9 Å². The van der Waals surface area contributed by atoms with Gasteiger partial charge in [-0.05, 0) is 17.5 Å². The Balaban J connectivity index is 0.00000529. The fourth-order valence-corrected chi connectivity index (χ4v) is 2.23. The van der Waals surface area contributed by atoms with E-state index in [9.17, 15) is 0 Å². The number of benzene rings is 1. The molecule has 6 heteroatoms. The fourth-order valence-electron chi connectivity index (χ4n) is 2.23. The van der Waals surface area contributed by atoms with E-state index in [2.05, 4.69) is 36.0 Å². The summed E-state index contributed by atoms with van der Waals surface area (Å²) in [6.07, 6.45) is 0.119. The number of guanidine groups is 1. The highest BCUT2D eigenvalue weighted by Crippen LogP contribution is 2.20. The molecule has 0 heterocycles. The second kappa shape index (κ2) is 11.5. The maximum Gasteiger partial charge on any atom is 0.193 e. The zero-order valence-electron chi connectivity index (χ0n) is 15.7. The Morgan fingerprint density at radius 2 is 1.88 bits per heavy atom. The van der Waals surface area contributed by atoms with E-state index in [1.165, 1.54) is 0 Å². The number of hydrogen-bond acceptors (Lipinski definition) is 3. The third-order valence-electron chi connectivity index (χ3n) is 3.71. The Hall–Kier alpha value is -1.02. The minimum Gasteiger partial charge on any atom is -0.492 e. The highest BCUT2D eigenvalue weighted by atomic mass is 127. The molecule has 0 bridgehead atoms. The Kier molecular flexibility index (Phi) is 11.0. The van der Waals surface area contributed by atoms with Crippen molar-refractivity contribution in [1.29, 1.82) is 0 Å². The van der Waals surface area contributed by atoms with Gasteiger partial charge in [-0.1, -0.05) is 39.0 Å². The summed E-state index contributed by atoms with van der Waals surface area (Å²) in [5.74, 6) is 1.73. The molecule has 24 heavy (non-hydrogen) atoms. The zero-order chi connectivity index (χ0) is 17.3. The van der Waals surface area contributed by atoms with E-state index < -0.39 is 0 Å². The number of para-hydroxylation sites is 1. The Morgan fingerprint density at radius 1 is 1.25 bits per heavy atom. The lowest BCUT2D eigenvalue weighted by molar-refractivity contribution is 0.0202. The SMILES string of the molecule is CN=C(NCC(OC)C(C)(C)C)N(C)CCOc1ccccc1.I. The average molecular weight is 449 g/mol. The maximum atomic E-state index is 5.72. The second-order valence-electron chi connectivity index (χ2n) is 6.60. The van der Waals surface area contributed by atoms with Crippen molar-refractivity contribution in [3.63, 3.8) is 0 Å². The van der Waals surface area contributed by atoms with Gasteiger partial charge in [0.1, 0.15) is 12.4 Å². The first-order valence-corrected chi connectivity index (χ1v) is 8.01. The van der Waals surface area contributed by atoms with Crippen molar-refractivity contribution in [1.82, 2.24) is 10.2 Å². The zero-order valence-corrected chi connectivity index (χ0v) is 18.0. The van der Waals surface area contributed by atoms with Gasteiger partial charge in [0.25, 0.3) is 0 Å². The molecule has 1 rings (SSSR count). The van der Waals surface area contributed by atoms with E-state index in [1.54, 1.807) is 14.2 Å². The van der Waals surface area contributed by atoms with Crippen LogP contribution >= 0.6 is 24.0 Å². The number of methoxy groups -OCH3 is 1. The number of halogens is 1. The second-order valence-corrected chi connectivity index (χ2v) is 6.60. The summed E-state index contributed by atoms with van der Waals surface area (Å²) in [6, 6.07) is 9.83. The van der Waals surface area contributed by atoms with Crippen molar-refractivity contribution in [3.8, 4) is 5.75 Å². The molecule has 0 aliphatic heterocycles. The molecular formula is C18H32IN3O2. The van der Waals surface area contributed by atoms with Gasteiger partial charge in [-0.2, -0.15) is 0 Å². The van der Waals surface area contributed by atoms with Crippen molar-refractivity contribution < 1.29 is 9.47 Å². The third-order valence-corrected chi connectivity index (χ3v) is 3.71. The molecule has 138 valence electrons. The molecule has 1 N–H and O–H groups in total. The van der Waals surface area contributed by atoms with Crippen LogP contribution in [-0.4, -0.2) is 57.9 Å². The van der Waals surface area contributed by atoms with E-state index in [1.807, 2.05) is 37.4 Å². The van der Waals surface area contributed by atoms with Gasteiger partial charge < -0.3 is 19.7 Å². The predicted molar refractivity (Wildman–Crippen MR) is 112 cm³/mol. The molecule has 5 nitrogen and oxygen atoms in total. The molecule has 0 radical (unpaired) electrons. The van der Waals surface area contributed by atoms with Crippen molar-refractivity contribution in [3.05, 3.63) is 30.3 Å². The Bertz CT molecular complexity index is 475. The molecule has 0 aromatic heterocycles. The lowest BCUT2D eigenvalue weighted by Gasteiger charge is -2.31. The van der Waals surface area contributed by atoms with Crippen LogP contribution in [0.1, 0.15) is 20.8 Å². The number of hydrogen-bond donors (Lipinski definition) is 1. The molecule has 1 atom stereocenters. The smallest absolute Gasteiger partial charge is 0.193 e. The van der Waals surface area contributed by atoms with E-state index >= 15 is 0 Å². The molecule has 0 saturated carbocycles. The van der Waals surface area contributed by atoms with Gasteiger partial charge in [0.15, 0.2) is 5.96 Å². The first kappa shape index (κ1) is 23.0. The number of nitrogens with one attached hydrogen (secondary N) is 1. The molecule has 0 aliphatic rings. The third kappa shape index (κ3) is 8.19. The number of likely N-dealkylation sites (N-methyl/N-ethyl adjacent to an activating group) is 1. The summed E-state index contributed by atoms with van der Waals surface area (Å²) >= 11 is 0. The summed E-state index contributed by atoms with van der Waals surface area (Å²) in [7, 11) is 5.54. The number of nitrogens with zero attached hydrogens (tertiary/aromatic N) is 2. The molecule has 0 saturated heterocycles. The van der Waals surface area contributed by atoms with Gasteiger partial charge in [0, 0.05) is 27.7 Å². The Morgan fingerprint density at radius 3 is 2.38 bits per heavy atom. The van der Waals surface area contributed by atoms with Crippen molar-refractivity contribution in [2.24, 2.45) is 10.4 Å². The number of rotatable bonds is 7. The van der Waals surface area contributed by atoms with Crippen LogP contribution in [0.25, 0.3) is 0 Å². The molecule has 0 spiro atoms. The first-order chi connectivity index (χ1) is 10.9. The molecule has 1 aromatic rings. The quantitative estimate of drug-likeness (QED) is 0.395. The number of ether oxygens (including phenoxy) is 2. The van der Waals surface area contributed by atoms with Crippen LogP contribution in [0.4, 0.5) is 0 Å². The monoisotopic (exact) mass is 449 g/mol. The minimum atomic E-state index is 0. The van der Waals surface area contributed by atoms with Gasteiger partial charge >= 0.3 is 0 Å². The molecular weight excluding hydrogens is 417 g/mol. The highest BCUT2D eigenvalue weighted by molar-refractivity contribution is 14.0. The summed E-state index contributed by atoms with van der Waals surface area (Å²) in [6.45, 7) is 8.58. The molecule has 0 amide bonds. The van der Waals surface area contributed by atoms with Crippen LogP contribution in [0.5, 0.6) is 5.75 Å². The first-order valence-electron chi connectivity index (χ1n) is 8.01. The van der Waals surface area contributed by atoms with E-state index in [-0.39, 0.29) is 35.5 Å². The van der Waals surface area contributed by atoms with E-state index in [4.69, 9.17) is 9.47 Å². The van der Waals surface area contributed by atoms with Crippen LogP contribution in [0.15, 0.2) is 35.3 Å². The molecule has 1 unspecified atom stereocenters. The van der Waals surface area contributed by atoms with Crippen LogP contribution in [0, 0.1) is 5.41 Å². The van der Waals surface area contributed by atoms with E-state index in [0.29, 0.717) is 6.61 Å². The largest absolute Gasteiger partial charge is 0.492 e. The van der Waals surface area contributed by atoms with Crippen LogP contribution < -0.4 is 10.1 Å². The summed E-state index contributed by atoms with van der Waals surface area (Å²) < 4.78 is 11.3. The van der Waals surface area contributed by atoms with Crippen LogP contribution in [0.2, 0.25) is 0 Å². The summed E-state index contributed by atoms with van der Waals surface area (Å²) in [5, 5.41) is 3.37. The van der Waals surface area contributed by atoms with Crippen molar-refractivity contribution in [2.75, 3.05) is 40.9 Å². The van der Waals surface area contributed by atoms with Gasteiger partial charge in [-0.15, -0.1) is 24.0 Å². The van der Waals surface area contributed by atoms with E-state index in [0.717, 1.165) is 24.8 Å². The van der Waals surface area contributed by atoms with Crippen LogP contribution in [0.3, 0.4) is 0 Å². The lowest BCUT2D eigenvalue weighted by Crippen LogP contribution is -2.46. The molecule has 0 fully saturated rings. The normalized spacial score (nSPS) is 13.0. The Labute approximate surface area is 163 Å². The van der Waals surface area contributed by atoms with Gasteiger partial charge in [0.2, 0.25) is 0 Å². The summed E-state index contributed by atoms with van der Waals surface area (Å²) in [4.78, 5) is 6.38. The lowest BCUT2D eigenvalue weighted by atomic mass is 9.89. The predicted octanol–water partition coefficient (Wildman–Crippen LogP) is 3.25. The highest BCUT2D eigenvalue weighted by Gasteiger charge is 2.24. The topological polar surface area (TPSA) is 46.1 Å². The summed E-state index contributed by atoms with van der Waals surface area (Å²) in [5.41, 5.74) is 0.0790. The van der Waals surface area contributed by atoms with Gasteiger partial charge in [-0.25, -0.2) is 0 Å².